The monoisotopic (exact) mass is 280 g/mol. The van der Waals surface area contributed by atoms with E-state index in [9.17, 15) is 4.79 Å². The molecule has 0 spiro atoms. The number of ether oxygens (including phenoxy) is 2. The first-order chi connectivity index (χ1) is 9.60. The van der Waals surface area contributed by atoms with Crippen LogP contribution in [0.25, 0.3) is 0 Å². The molecule has 20 heavy (non-hydrogen) atoms. The van der Waals surface area contributed by atoms with Crippen LogP contribution in [0, 0.1) is 0 Å². The number of benzene rings is 1. The van der Waals surface area contributed by atoms with E-state index in [2.05, 4.69) is 10.6 Å². The molecule has 0 aliphatic heterocycles. The summed E-state index contributed by atoms with van der Waals surface area (Å²) < 4.78 is 10.4. The lowest BCUT2D eigenvalue weighted by molar-refractivity contribution is -0.121. The van der Waals surface area contributed by atoms with Crippen molar-refractivity contribution in [2.75, 3.05) is 20.8 Å². The lowest BCUT2D eigenvalue weighted by atomic mass is 10.2. The van der Waals surface area contributed by atoms with Gasteiger partial charge in [-0.1, -0.05) is 13.0 Å². The molecule has 1 unspecified atom stereocenters. The molecule has 1 aromatic rings. The average Bonchev–Trinajstić information content (AvgIpc) is 2.44. The van der Waals surface area contributed by atoms with Crippen LogP contribution in [0.15, 0.2) is 18.2 Å². The summed E-state index contributed by atoms with van der Waals surface area (Å²) in [5.41, 5.74) is 0.979. The second kappa shape index (κ2) is 8.43. The van der Waals surface area contributed by atoms with E-state index in [1.807, 2.05) is 32.0 Å². The molecule has 0 bridgehead atoms. The zero-order valence-corrected chi connectivity index (χ0v) is 12.7. The standard InChI is InChI=1S/C15H24N2O3/c1-5-16-11(2)8-15(18)17-10-12-6-7-13(19-3)14(9-12)20-4/h6-7,9,11,16H,5,8,10H2,1-4H3,(H,17,18). The predicted octanol–water partition coefficient (Wildman–Crippen LogP) is 1.71. The number of amides is 1. The fraction of sp³-hybridized carbons (Fsp3) is 0.533. The van der Waals surface area contributed by atoms with Gasteiger partial charge in [-0.25, -0.2) is 0 Å². The number of hydrogen-bond acceptors (Lipinski definition) is 4. The molecule has 0 aliphatic carbocycles. The second-order valence-corrected chi connectivity index (χ2v) is 4.63. The molecule has 0 fully saturated rings. The van der Waals surface area contributed by atoms with Crippen LogP contribution in [0.3, 0.4) is 0 Å². The molecule has 2 N–H and O–H groups in total. The van der Waals surface area contributed by atoms with Gasteiger partial charge >= 0.3 is 0 Å². The molecular weight excluding hydrogens is 256 g/mol. The van der Waals surface area contributed by atoms with Crippen LogP contribution in [0.1, 0.15) is 25.8 Å². The zero-order chi connectivity index (χ0) is 15.0. The van der Waals surface area contributed by atoms with Crippen LogP contribution in [-0.4, -0.2) is 32.7 Å². The summed E-state index contributed by atoms with van der Waals surface area (Å²) in [6.45, 7) is 5.37. The second-order valence-electron chi connectivity index (χ2n) is 4.63. The predicted molar refractivity (Wildman–Crippen MR) is 79.1 cm³/mol. The van der Waals surface area contributed by atoms with Crippen molar-refractivity contribution in [2.24, 2.45) is 0 Å². The van der Waals surface area contributed by atoms with Gasteiger partial charge in [0.15, 0.2) is 11.5 Å². The number of carbonyl (C=O) groups is 1. The van der Waals surface area contributed by atoms with E-state index in [1.54, 1.807) is 14.2 Å². The summed E-state index contributed by atoms with van der Waals surface area (Å²) in [5.74, 6) is 1.39. The Morgan fingerprint density at radius 3 is 2.55 bits per heavy atom. The fourth-order valence-corrected chi connectivity index (χ4v) is 1.96. The first kappa shape index (κ1) is 16.3. The van der Waals surface area contributed by atoms with Crippen LogP contribution in [0.4, 0.5) is 0 Å². The Balaban J connectivity index is 2.51. The normalized spacial score (nSPS) is 11.8. The Hall–Kier alpha value is -1.75. The molecule has 0 saturated carbocycles. The van der Waals surface area contributed by atoms with Crippen molar-refractivity contribution in [1.29, 1.82) is 0 Å². The Kier molecular flexibility index (Phi) is 6.87. The highest BCUT2D eigenvalue weighted by Crippen LogP contribution is 2.27. The van der Waals surface area contributed by atoms with E-state index in [1.165, 1.54) is 0 Å². The van der Waals surface area contributed by atoms with E-state index in [0.717, 1.165) is 12.1 Å². The van der Waals surface area contributed by atoms with Crippen molar-refractivity contribution in [2.45, 2.75) is 32.9 Å². The van der Waals surface area contributed by atoms with Gasteiger partial charge in [-0.2, -0.15) is 0 Å². The fourth-order valence-electron chi connectivity index (χ4n) is 1.96. The van der Waals surface area contributed by atoms with Gasteiger partial charge in [-0.3, -0.25) is 4.79 Å². The SMILES string of the molecule is CCNC(C)CC(=O)NCc1ccc(OC)c(OC)c1. The zero-order valence-electron chi connectivity index (χ0n) is 12.7. The molecule has 5 heteroatoms. The van der Waals surface area contributed by atoms with Crippen LogP contribution in [-0.2, 0) is 11.3 Å². The van der Waals surface area contributed by atoms with E-state index >= 15 is 0 Å². The molecule has 0 aliphatic rings. The molecule has 0 radical (unpaired) electrons. The molecular formula is C15H24N2O3. The molecule has 1 rings (SSSR count). The summed E-state index contributed by atoms with van der Waals surface area (Å²) in [4.78, 5) is 11.8. The van der Waals surface area contributed by atoms with Gasteiger partial charge in [0.1, 0.15) is 0 Å². The van der Waals surface area contributed by atoms with Crippen LogP contribution >= 0.6 is 0 Å². The number of hydrogen-bond donors (Lipinski definition) is 2. The smallest absolute Gasteiger partial charge is 0.221 e. The number of carbonyl (C=O) groups excluding carboxylic acids is 1. The topological polar surface area (TPSA) is 59.6 Å². The van der Waals surface area contributed by atoms with Crippen molar-refractivity contribution in [1.82, 2.24) is 10.6 Å². The highest BCUT2D eigenvalue weighted by Gasteiger charge is 2.09. The molecule has 5 nitrogen and oxygen atoms in total. The van der Waals surface area contributed by atoms with E-state index in [4.69, 9.17) is 9.47 Å². The maximum atomic E-state index is 11.8. The minimum Gasteiger partial charge on any atom is -0.493 e. The highest BCUT2D eigenvalue weighted by molar-refractivity contribution is 5.76. The lowest BCUT2D eigenvalue weighted by Crippen LogP contribution is -2.33. The highest BCUT2D eigenvalue weighted by atomic mass is 16.5. The van der Waals surface area contributed by atoms with Gasteiger partial charge in [-0.15, -0.1) is 0 Å². The average molecular weight is 280 g/mol. The first-order valence-electron chi connectivity index (χ1n) is 6.81. The van der Waals surface area contributed by atoms with Crippen molar-refractivity contribution in [3.8, 4) is 11.5 Å². The summed E-state index contributed by atoms with van der Waals surface area (Å²) in [6, 6.07) is 5.80. The van der Waals surface area contributed by atoms with E-state index < -0.39 is 0 Å². The van der Waals surface area contributed by atoms with Crippen LogP contribution < -0.4 is 20.1 Å². The summed E-state index contributed by atoms with van der Waals surface area (Å²) in [5, 5.41) is 6.11. The van der Waals surface area contributed by atoms with Gasteiger partial charge in [0.05, 0.1) is 14.2 Å². The van der Waals surface area contributed by atoms with Crippen molar-refractivity contribution < 1.29 is 14.3 Å². The van der Waals surface area contributed by atoms with E-state index in [0.29, 0.717) is 24.5 Å². The maximum absolute atomic E-state index is 11.8. The van der Waals surface area contributed by atoms with Gasteiger partial charge in [0.2, 0.25) is 5.91 Å². The van der Waals surface area contributed by atoms with Gasteiger partial charge < -0.3 is 20.1 Å². The molecule has 0 heterocycles. The third-order valence-corrected chi connectivity index (χ3v) is 2.98. The number of nitrogens with one attached hydrogen (secondary N) is 2. The summed E-state index contributed by atoms with van der Waals surface area (Å²) in [7, 11) is 3.19. The Morgan fingerprint density at radius 2 is 1.95 bits per heavy atom. The van der Waals surface area contributed by atoms with Gasteiger partial charge in [0.25, 0.3) is 0 Å². The van der Waals surface area contributed by atoms with Crippen LogP contribution in [0.5, 0.6) is 11.5 Å². The molecule has 1 atom stereocenters. The Labute approximate surface area is 120 Å². The minimum absolute atomic E-state index is 0.0354. The minimum atomic E-state index is 0.0354. The van der Waals surface area contributed by atoms with E-state index in [-0.39, 0.29) is 11.9 Å². The van der Waals surface area contributed by atoms with Crippen molar-refractivity contribution in [3.63, 3.8) is 0 Å². The number of rotatable bonds is 8. The quantitative estimate of drug-likeness (QED) is 0.761. The molecule has 112 valence electrons. The molecule has 0 saturated heterocycles. The maximum Gasteiger partial charge on any atom is 0.221 e. The third-order valence-electron chi connectivity index (χ3n) is 2.98. The Bertz CT molecular complexity index is 435. The van der Waals surface area contributed by atoms with Crippen LogP contribution in [0.2, 0.25) is 0 Å². The first-order valence-corrected chi connectivity index (χ1v) is 6.81. The van der Waals surface area contributed by atoms with Gasteiger partial charge in [-0.05, 0) is 31.2 Å². The van der Waals surface area contributed by atoms with Gasteiger partial charge in [0, 0.05) is 19.0 Å². The Morgan fingerprint density at radius 1 is 1.25 bits per heavy atom. The summed E-state index contributed by atoms with van der Waals surface area (Å²) in [6.07, 6.45) is 0.473. The van der Waals surface area contributed by atoms with Crippen molar-refractivity contribution >= 4 is 5.91 Å². The third kappa shape index (κ3) is 5.09. The molecule has 0 aromatic heterocycles. The number of methoxy groups -OCH3 is 2. The molecule has 1 amide bonds. The summed E-state index contributed by atoms with van der Waals surface area (Å²) >= 11 is 0. The van der Waals surface area contributed by atoms with Crippen molar-refractivity contribution in [3.05, 3.63) is 23.8 Å². The largest absolute Gasteiger partial charge is 0.493 e. The lowest BCUT2D eigenvalue weighted by Gasteiger charge is -2.13. The molecule has 1 aromatic carbocycles.